The van der Waals surface area contributed by atoms with Gasteiger partial charge in [0.1, 0.15) is 5.60 Å². The molecule has 6 heteroatoms. The Morgan fingerprint density at radius 2 is 1.91 bits per heavy atom. The number of ether oxygens (including phenoxy) is 1. The summed E-state index contributed by atoms with van der Waals surface area (Å²) in [6.07, 6.45) is -0.230. The normalized spacial score (nSPS) is 16.7. The van der Waals surface area contributed by atoms with Crippen LogP contribution in [0, 0.1) is 0 Å². The lowest BCUT2D eigenvalue weighted by Crippen LogP contribution is -2.49. The quantitative estimate of drug-likeness (QED) is 0.761. The van der Waals surface area contributed by atoms with Gasteiger partial charge in [-0.05, 0) is 38.5 Å². The Kier molecular flexibility index (Phi) is 5.75. The van der Waals surface area contributed by atoms with Crippen molar-refractivity contribution in [2.24, 2.45) is 0 Å². The van der Waals surface area contributed by atoms with E-state index in [1.54, 1.807) is 4.90 Å². The highest BCUT2D eigenvalue weighted by atomic mass is 79.9. The van der Waals surface area contributed by atoms with Crippen molar-refractivity contribution >= 4 is 33.6 Å². The zero-order chi connectivity index (χ0) is 16.3. The Hall–Kier alpha value is -0.780. The van der Waals surface area contributed by atoms with E-state index < -0.39 is 5.60 Å². The van der Waals surface area contributed by atoms with Crippen molar-refractivity contribution in [3.8, 4) is 0 Å². The van der Waals surface area contributed by atoms with Crippen molar-refractivity contribution < 1.29 is 9.53 Å². The lowest BCUT2D eigenvalue weighted by Gasteiger charge is -2.35. The maximum atomic E-state index is 12.0. The summed E-state index contributed by atoms with van der Waals surface area (Å²) in [4.78, 5) is 16.1. The Balaban J connectivity index is 1.89. The van der Waals surface area contributed by atoms with E-state index in [1.165, 1.54) is 0 Å². The Bertz CT molecular complexity index is 517. The Labute approximate surface area is 145 Å². The van der Waals surface area contributed by atoms with Crippen LogP contribution in [0.3, 0.4) is 0 Å². The first-order chi connectivity index (χ1) is 10.3. The second kappa shape index (κ2) is 7.20. The highest BCUT2D eigenvalue weighted by molar-refractivity contribution is 9.10. The molecule has 4 nitrogen and oxygen atoms in total. The molecule has 2 rings (SSSR count). The maximum Gasteiger partial charge on any atom is 0.410 e. The predicted octanol–water partition coefficient (Wildman–Crippen LogP) is 4.16. The molecule has 1 aromatic carbocycles. The first kappa shape index (κ1) is 17.6. The van der Waals surface area contributed by atoms with Crippen LogP contribution in [0.1, 0.15) is 26.3 Å². The van der Waals surface area contributed by atoms with Gasteiger partial charge in [0.2, 0.25) is 0 Å². The van der Waals surface area contributed by atoms with E-state index in [1.807, 2.05) is 39.0 Å². The minimum absolute atomic E-state index is 0.230. The molecule has 0 radical (unpaired) electrons. The molecule has 1 saturated heterocycles. The first-order valence-electron chi connectivity index (χ1n) is 7.39. The summed E-state index contributed by atoms with van der Waals surface area (Å²) in [6.45, 7) is 9.42. The molecule has 0 unspecified atom stereocenters. The standard InChI is InChI=1S/C16H22BrClN2O2/c1-16(2,3)22-15(21)20-9-7-19(8-10-20)11-12-13(17)5-4-6-14(12)18/h4-6H,7-11H2,1-3H3. The zero-order valence-corrected chi connectivity index (χ0v) is 15.6. The van der Waals surface area contributed by atoms with Gasteiger partial charge >= 0.3 is 6.09 Å². The number of benzene rings is 1. The zero-order valence-electron chi connectivity index (χ0n) is 13.2. The number of rotatable bonds is 2. The maximum absolute atomic E-state index is 12.0. The molecule has 122 valence electrons. The molecule has 1 heterocycles. The summed E-state index contributed by atoms with van der Waals surface area (Å²) in [5.74, 6) is 0. The third-order valence-corrected chi connectivity index (χ3v) is 4.56. The number of nitrogens with zero attached hydrogens (tertiary/aromatic N) is 2. The van der Waals surface area contributed by atoms with E-state index in [0.717, 1.165) is 34.7 Å². The minimum atomic E-state index is -0.448. The fraction of sp³-hybridized carbons (Fsp3) is 0.562. The molecular formula is C16H22BrClN2O2. The van der Waals surface area contributed by atoms with Crippen molar-refractivity contribution in [2.75, 3.05) is 26.2 Å². The average Bonchev–Trinajstić information content (AvgIpc) is 2.42. The van der Waals surface area contributed by atoms with Crippen LogP contribution in [-0.2, 0) is 11.3 Å². The molecule has 22 heavy (non-hydrogen) atoms. The van der Waals surface area contributed by atoms with Gasteiger partial charge in [0.15, 0.2) is 0 Å². The van der Waals surface area contributed by atoms with Crippen molar-refractivity contribution in [1.29, 1.82) is 0 Å². The van der Waals surface area contributed by atoms with Crippen LogP contribution in [0.4, 0.5) is 4.79 Å². The number of hydrogen-bond acceptors (Lipinski definition) is 3. The molecule has 0 spiro atoms. The van der Waals surface area contributed by atoms with Gasteiger partial charge in [-0.25, -0.2) is 4.79 Å². The van der Waals surface area contributed by atoms with Crippen molar-refractivity contribution in [3.63, 3.8) is 0 Å². The monoisotopic (exact) mass is 388 g/mol. The van der Waals surface area contributed by atoms with Crippen molar-refractivity contribution in [3.05, 3.63) is 33.3 Å². The summed E-state index contributed by atoms with van der Waals surface area (Å²) >= 11 is 9.81. The minimum Gasteiger partial charge on any atom is -0.444 e. The lowest BCUT2D eigenvalue weighted by atomic mass is 10.2. The molecule has 0 atom stereocenters. The van der Waals surface area contributed by atoms with E-state index >= 15 is 0 Å². The van der Waals surface area contributed by atoms with E-state index in [0.29, 0.717) is 13.1 Å². The number of halogens is 2. The molecule has 1 aliphatic rings. The molecule has 0 N–H and O–H groups in total. The summed E-state index contributed by atoms with van der Waals surface area (Å²) in [7, 11) is 0. The fourth-order valence-corrected chi connectivity index (χ4v) is 3.16. The smallest absolute Gasteiger partial charge is 0.410 e. The predicted molar refractivity (Wildman–Crippen MR) is 92.2 cm³/mol. The van der Waals surface area contributed by atoms with Crippen LogP contribution in [0.2, 0.25) is 5.02 Å². The summed E-state index contributed by atoms with van der Waals surface area (Å²) in [5.41, 5.74) is 0.645. The second-order valence-electron chi connectivity index (χ2n) is 6.44. The van der Waals surface area contributed by atoms with Gasteiger partial charge in [0.05, 0.1) is 0 Å². The van der Waals surface area contributed by atoms with Gasteiger partial charge in [-0.2, -0.15) is 0 Å². The van der Waals surface area contributed by atoms with Crippen LogP contribution in [-0.4, -0.2) is 47.7 Å². The van der Waals surface area contributed by atoms with Crippen LogP contribution in [0.25, 0.3) is 0 Å². The number of carbonyl (C=O) groups excluding carboxylic acids is 1. The molecule has 0 bridgehead atoms. The van der Waals surface area contributed by atoms with E-state index in [-0.39, 0.29) is 6.09 Å². The third-order valence-electron chi connectivity index (χ3n) is 3.47. The van der Waals surface area contributed by atoms with Gasteiger partial charge in [-0.15, -0.1) is 0 Å². The molecule has 1 amide bonds. The summed E-state index contributed by atoms with van der Waals surface area (Å²) < 4.78 is 6.43. The molecule has 0 aromatic heterocycles. The molecule has 1 aromatic rings. The fourth-order valence-electron chi connectivity index (χ4n) is 2.32. The summed E-state index contributed by atoms with van der Waals surface area (Å²) in [5, 5.41) is 0.768. The van der Waals surface area contributed by atoms with Crippen molar-refractivity contribution in [1.82, 2.24) is 9.80 Å². The third kappa shape index (κ3) is 4.86. The van der Waals surface area contributed by atoms with Gasteiger partial charge in [0, 0.05) is 42.2 Å². The van der Waals surface area contributed by atoms with Gasteiger partial charge in [0.25, 0.3) is 0 Å². The Morgan fingerprint density at radius 3 is 2.45 bits per heavy atom. The molecule has 1 aliphatic heterocycles. The lowest BCUT2D eigenvalue weighted by molar-refractivity contribution is 0.0139. The van der Waals surface area contributed by atoms with Gasteiger partial charge in [-0.1, -0.05) is 33.6 Å². The van der Waals surface area contributed by atoms with Gasteiger partial charge in [-0.3, -0.25) is 4.90 Å². The highest BCUT2D eigenvalue weighted by Gasteiger charge is 2.26. The van der Waals surface area contributed by atoms with Crippen molar-refractivity contribution in [2.45, 2.75) is 32.9 Å². The first-order valence-corrected chi connectivity index (χ1v) is 8.56. The number of amides is 1. The van der Waals surface area contributed by atoms with Crippen LogP contribution in [0.5, 0.6) is 0 Å². The molecule has 0 aliphatic carbocycles. The second-order valence-corrected chi connectivity index (χ2v) is 7.71. The largest absolute Gasteiger partial charge is 0.444 e. The van der Waals surface area contributed by atoms with Crippen LogP contribution < -0.4 is 0 Å². The topological polar surface area (TPSA) is 32.8 Å². The SMILES string of the molecule is CC(C)(C)OC(=O)N1CCN(Cc2c(Cl)cccc2Br)CC1. The van der Waals surface area contributed by atoms with Crippen LogP contribution >= 0.6 is 27.5 Å². The molecular weight excluding hydrogens is 368 g/mol. The molecule has 0 saturated carbocycles. The number of piperazine rings is 1. The Morgan fingerprint density at radius 1 is 1.27 bits per heavy atom. The van der Waals surface area contributed by atoms with E-state index in [2.05, 4.69) is 20.8 Å². The van der Waals surface area contributed by atoms with Gasteiger partial charge < -0.3 is 9.64 Å². The number of carbonyl (C=O) groups is 1. The average molecular weight is 390 g/mol. The van der Waals surface area contributed by atoms with E-state index in [9.17, 15) is 4.79 Å². The van der Waals surface area contributed by atoms with E-state index in [4.69, 9.17) is 16.3 Å². The molecule has 1 fully saturated rings. The summed E-state index contributed by atoms with van der Waals surface area (Å²) in [6, 6.07) is 5.83. The number of hydrogen-bond donors (Lipinski definition) is 0. The highest BCUT2D eigenvalue weighted by Crippen LogP contribution is 2.26. The van der Waals surface area contributed by atoms with Crippen LogP contribution in [0.15, 0.2) is 22.7 Å².